The van der Waals surface area contributed by atoms with E-state index in [1.54, 1.807) is 30.8 Å². The third-order valence-electron chi connectivity index (χ3n) is 3.73. The minimum atomic E-state index is -0.804. The summed E-state index contributed by atoms with van der Waals surface area (Å²) < 4.78 is 12.8. The first kappa shape index (κ1) is 16.3. The number of nitrogens with one attached hydrogen (secondary N) is 1. The standard InChI is InChI=1S/C16H22FNO2S/c1-16(15(19)20,18-13-6-7-13)10-2-3-11-21-14-8-4-12(17)5-9-14/h4-5,8-9,13,18H,2-3,6-7,10-11H2,1H3,(H,19,20). The molecule has 1 aliphatic rings. The summed E-state index contributed by atoms with van der Waals surface area (Å²) in [5.41, 5.74) is -0.804. The first-order chi connectivity index (χ1) is 9.99. The topological polar surface area (TPSA) is 49.3 Å². The predicted molar refractivity (Wildman–Crippen MR) is 83.2 cm³/mol. The van der Waals surface area contributed by atoms with Gasteiger partial charge in [-0.3, -0.25) is 10.1 Å². The molecule has 0 spiro atoms. The van der Waals surface area contributed by atoms with E-state index in [1.165, 1.54) is 12.1 Å². The van der Waals surface area contributed by atoms with Gasteiger partial charge in [0.05, 0.1) is 0 Å². The van der Waals surface area contributed by atoms with Crippen molar-refractivity contribution >= 4 is 17.7 Å². The largest absolute Gasteiger partial charge is 0.480 e. The van der Waals surface area contributed by atoms with Crippen molar-refractivity contribution in [1.82, 2.24) is 5.32 Å². The van der Waals surface area contributed by atoms with Crippen LogP contribution in [-0.2, 0) is 4.79 Å². The third-order valence-corrected chi connectivity index (χ3v) is 4.82. The van der Waals surface area contributed by atoms with E-state index in [0.717, 1.165) is 36.3 Å². The van der Waals surface area contributed by atoms with Gasteiger partial charge in [-0.15, -0.1) is 11.8 Å². The van der Waals surface area contributed by atoms with Crippen LogP contribution in [0.3, 0.4) is 0 Å². The van der Waals surface area contributed by atoms with Crippen LogP contribution in [0.25, 0.3) is 0 Å². The number of aliphatic carboxylic acids is 1. The smallest absolute Gasteiger partial charge is 0.323 e. The van der Waals surface area contributed by atoms with Crippen LogP contribution in [0, 0.1) is 5.82 Å². The highest BCUT2D eigenvalue weighted by Gasteiger charge is 2.37. The summed E-state index contributed by atoms with van der Waals surface area (Å²) in [6.45, 7) is 1.78. The van der Waals surface area contributed by atoms with Crippen LogP contribution in [0.15, 0.2) is 29.2 Å². The minimum absolute atomic E-state index is 0.220. The molecule has 1 aromatic rings. The van der Waals surface area contributed by atoms with Crippen LogP contribution in [0.5, 0.6) is 0 Å². The number of hydrogen-bond acceptors (Lipinski definition) is 3. The van der Waals surface area contributed by atoms with E-state index in [0.29, 0.717) is 12.5 Å². The molecule has 5 heteroatoms. The third kappa shape index (κ3) is 5.32. The van der Waals surface area contributed by atoms with Gasteiger partial charge < -0.3 is 5.11 Å². The van der Waals surface area contributed by atoms with E-state index >= 15 is 0 Å². The molecule has 1 fully saturated rings. The molecule has 1 saturated carbocycles. The molecule has 0 saturated heterocycles. The Morgan fingerprint density at radius 1 is 1.38 bits per heavy atom. The van der Waals surface area contributed by atoms with Gasteiger partial charge in [0.1, 0.15) is 11.4 Å². The first-order valence-corrected chi connectivity index (χ1v) is 8.38. The number of unbranched alkanes of at least 4 members (excludes halogenated alkanes) is 1. The van der Waals surface area contributed by atoms with Crippen LogP contribution in [0.2, 0.25) is 0 Å². The van der Waals surface area contributed by atoms with Crippen molar-refractivity contribution in [3.8, 4) is 0 Å². The number of hydrogen-bond donors (Lipinski definition) is 2. The highest BCUT2D eigenvalue weighted by Crippen LogP contribution is 2.26. The Kier molecular flexibility index (Phi) is 5.65. The van der Waals surface area contributed by atoms with Gasteiger partial charge in [0, 0.05) is 10.9 Å². The Morgan fingerprint density at radius 2 is 2.05 bits per heavy atom. The average Bonchev–Trinajstić information content (AvgIpc) is 3.24. The summed E-state index contributed by atoms with van der Waals surface area (Å²) in [6.07, 6.45) is 4.64. The molecule has 2 rings (SSSR count). The summed E-state index contributed by atoms with van der Waals surface area (Å²) in [5.74, 6) is -0.0617. The molecule has 1 aromatic carbocycles. The maximum absolute atomic E-state index is 12.8. The molecule has 0 amide bonds. The van der Waals surface area contributed by atoms with E-state index < -0.39 is 11.5 Å². The molecular formula is C16H22FNO2S. The Hall–Kier alpha value is -1.07. The van der Waals surface area contributed by atoms with Gasteiger partial charge in [-0.1, -0.05) is 6.42 Å². The molecule has 2 N–H and O–H groups in total. The predicted octanol–water partition coefficient (Wildman–Crippen LogP) is 3.68. The highest BCUT2D eigenvalue weighted by molar-refractivity contribution is 7.99. The maximum atomic E-state index is 12.8. The van der Waals surface area contributed by atoms with Gasteiger partial charge in [-0.2, -0.15) is 0 Å². The summed E-state index contributed by atoms with van der Waals surface area (Å²) in [7, 11) is 0. The molecule has 0 bridgehead atoms. The lowest BCUT2D eigenvalue weighted by atomic mass is 9.95. The summed E-state index contributed by atoms with van der Waals surface area (Å²) in [6, 6.07) is 6.86. The molecule has 1 unspecified atom stereocenters. The highest BCUT2D eigenvalue weighted by atomic mass is 32.2. The van der Waals surface area contributed by atoms with Gasteiger partial charge in [-0.05, 0) is 62.6 Å². The molecule has 3 nitrogen and oxygen atoms in total. The second kappa shape index (κ2) is 7.27. The number of carboxylic acids is 1. The Balaban J connectivity index is 1.67. The van der Waals surface area contributed by atoms with Crippen LogP contribution in [0.1, 0.15) is 39.0 Å². The molecule has 116 valence electrons. The van der Waals surface area contributed by atoms with Crippen LogP contribution < -0.4 is 5.32 Å². The van der Waals surface area contributed by atoms with Crippen molar-refractivity contribution in [2.75, 3.05) is 5.75 Å². The molecule has 0 radical (unpaired) electrons. The molecule has 0 aromatic heterocycles. The van der Waals surface area contributed by atoms with Gasteiger partial charge in [0.25, 0.3) is 0 Å². The molecule has 21 heavy (non-hydrogen) atoms. The van der Waals surface area contributed by atoms with Gasteiger partial charge in [-0.25, -0.2) is 4.39 Å². The number of carbonyl (C=O) groups is 1. The van der Waals surface area contributed by atoms with Crippen molar-refractivity contribution in [2.45, 2.75) is 55.5 Å². The zero-order chi connectivity index (χ0) is 15.3. The quantitative estimate of drug-likeness (QED) is 0.539. The number of carboxylic acid groups (broad SMARTS) is 1. The van der Waals surface area contributed by atoms with Gasteiger partial charge >= 0.3 is 5.97 Å². The summed E-state index contributed by atoms with van der Waals surface area (Å²) >= 11 is 1.68. The number of rotatable bonds is 9. The molecule has 0 heterocycles. The van der Waals surface area contributed by atoms with Crippen molar-refractivity contribution in [3.05, 3.63) is 30.1 Å². The fourth-order valence-electron chi connectivity index (χ4n) is 2.22. The SMILES string of the molecule is CC(CCCCSc1ccc(F)cc1)(NC1CC1)C(=O)O. The van der Waals surface area contributed by atoms with E-state index in [2.05, 4.69) is 5.32 Å². The molecular weight excluding hydrogens is 289 g/mol. The normalized spacial score (nSPS) is 17.4. The first-order valence-electron chi connectivity index (χ1n) is 7.39. The zero-order valence-corrected chi connectivity index (χ0v) is 13.1. The molecule has 1 atom stereocenters. The minimum Gasteiger partial charge on any atom is -0.480 e. The Labute approximate surface area is 129 Å². The molecule has 1 aliphatic carbocycles. The average molecular weight is 311 g/mol. The lowest BCUT2D eigenvalue weighted by Crippen LogP contribution is -2.50. The Bertz CT molecular complexity index is 476. The maximum Gasteiger partial charge on any atom is 0.323 e. The number of benzene rings is 1. The van der Waals surface area contributed by atoms with Crippen molar-refractivity contribution < 1.29 is 14.3 Å². The van der Waals surface area contributed by atoms with Crippen molar-refractivity contribution in [1.29, 1.82) is 0 Å². The van der Waals surface area contributed by atoms with Crippen LogP contribution in [-0.4, -0.2) is 28.4 Å². The van der Waals surface area contributed by atoms with E-state index in [4.69, 9.17) is 0 Å². The lowest BCUT2D eigenvalue weighted by molar-refractivity contribution is -0.144. The monoisotopic (exact) mass is 311 g/mol. The summed E-state index contributed by atoms with van der Waals surface area (Å²) in [5, 5.41) is 12.6. The van der Waals surface area contributed by atoms with Crippen LogP contribution in [0.4, 0.5) is 4.39 Å². The zero-order valence-electron chi connectivity index (χ0n) is 12.3. The Morgan fingerprint density at radius 3 is 2.62 bits per heavy atom. The fraction of sp³-hybridized carbons (Fsp3) is 0.562. The fourth-order valence-corrected chi connectivity index (χ4v) is 3.13. The molecule has 0 aliphatic heterocycles. The van der Waals surface area contributed by atoms with Crippen LogP contribution >= 0.6 is 11.8 Å². The van der Waals surface area contributed by atoms with E-state index in [-0.39, 0.29) is 5.82 Å². The lowest BCUT2D eigenvalue weighted by Gasteiger charge is -2.26. The second-order valence-corrected chi connectivity index (χ2v) is 6.98. The number of thioether (sulfide) groups is 1. The van der Waals surface area contributed by atoms with E-state index in [1.807, 2.05) is 0 Å². The van der Waals surface area contributed by atoms with Gasteiger partial charge in [0.15, 0.2) is 0 Å². The number of halogens is 1. The van der Waals surface area contributed by atoms with Crippen molar-refractivity contribution in [3.63, 3.8) is 0 Å². The van der Waals surface area contributed by atoms with Gasteiger partial charge in [0.2, 0.25) is 0 Å². The summed E-state index contributed by atoms with van der Waals surface area (Å²) in [4.78, 5) is 12.4. The second-order valence-electron chi connectivity index (χ2n) is 5.82. The van der Waals surface area contributed by atoms with E-state index in [9.17, 15) is 14.3 Å². The van der Waals surface area contributed by atoms with Crippen molar-refractivity contribution in [2.24, 2.45) is 0 Å².